The van der Waals surface area contributed by atoms with Gasteiger partial charge in [0.15, 0.2) is 6.29 Å². The summed E-state index contributed by atoms with van der Waals surface area (Å²) in [5, 5.41) is 5.82. The first-order valence-corrected chi connectivity index (χ1v) is 7.05. The van der Waals surface area contributed by atoms with E-state index in [2.05, 4.69) is 15.6 Å². The van der Waals surface area contributed by atoms with E-state index in [0.29, 0.717) is 5.56 Å². The fourth-order valence-electron chi connectivity index (χ4n) is 2.39. The monoisotopic (exact) mass is 327 g/mol. The maximum atomic E-state index is 11.8. The Kier molecular flexibility index (Phi) is 6.32. The lowest BCUT2D eigenvalue weighted by Gasteiger charge is -2.20. The minimum Gasteiger partial charge on any atom is -0.444 e. The smallest absolute Gasteiger partial charge is 0.413 e. The summed E-state index contributed by atoms with van der Waals surface area (Å²) in [7, 11) is 0. The highest BCUT2D eigenvalue weighted by atomic mass is 35.5. The normalized spacial score (nSPS) is 17.5. The Bertz CT molecular complexity index is 537. The third-order valence-electron chi connectivity index (χ3n) is 3.26. The van der Waals surface area contributed by atoms with Crippen molar-refractivity contribution in [2.75, 3.05) is 18.4 Å². The molecule has 0 saturated carbocycles. The molecule has 1 aromatic heterocycles. The molecule has 1 amide bonds. The number of pyridine rings is 1. The highest BCUT2D eigenvalue weighted by molar-refractivity contribution is 5.92. The van der Waals surface area contributed by atoms with Gasteiger partial charge in [0.05, 0.1) is 5.56 Å². The van der Waals surface area contributed by atoms with Gasteiger partial charge in [-0.25, -0.2) is 9.78 Å². The van der Waals surface area contributed by atoms with Crippen LogP contribution in [0.5, 0.6) is 0 Å². The number of carbonyl (C=O) groups is 2. The van der Waals surface area contributed by atoms with Crippen LogP contribution in [-0.2, 0) is 4.74 Å². The van der Waals surface area contributed by atoms with Crippen LogP contribution in [0.15, 0.2) is 12.3 Å². The van der Waals surface area contributed by atoms with Gasteiger partial charge in [-0.05, 0) is 51.3 Å². The number of hydrogen-bond donors (Lipinski definition) is 2. The number of ether oxygens (including phenoxy) is 1. The van der Waals surface area contributed by atoms with Crippen LogP contribution < -0.4 is 10.6 Å². The molecule has 1 atom stereocenters. The summed E-state index contributed by atoms with van der Waals surface area (Å²) in [6, 6.07) is 1.83. The maximum absolute atomic E-state index is 11.8. The second-order valence-corrected chi connectivity index (χ2v) is 6.10. The van der Waals surface area contributed by atoms with Crippen molar-refractivity contribution in [2.45, 2.75) is 38.7 Å². The van der Waals surface area contributed by atoms with E-state index in [4.69, 9.17) is 4.74 Å². The molecule has 1 aliphatic heterocycles. The van der Waals surface area contributed by atoms with Gasteiger partial charge in [-0.2, -0.15) is 0 Å². The van der Waals surface area contributed by atoms with Gasteiger partial charge in [0.1, 0.15) is 11.4 Å². The Balaban J connectivity index is 0.00000242. The lowest BCUT2D eigenvalue weighted by atomic mass is 9.95. The third-order valence-corrected chi connectivity index (χ3v) is 3.26. The summed E-state index contributed by atoms with van der Waals surface area (Å²) in [5.74, 6) is 0.524. The molecular weight excluding hydrogens is 306 g/mol. The van der Waals surface area contributed by atoms with Crippen LogP contribution in [0.1, 0.15) is 49.0 Å². The van der Waals surface area contributed by atoms with Crippen molar-refractivity contribution < 1.29 is 14.3 Å². The maximum Gasteiger partial charge on any atom is 0.413 e. The van der Waals surface area contributed by atoms with Crippen LogP contribution in [0.25, 0.3) is 0 Å². The topological polar surface area (TPSA) is 80.3 Å². The highest BCUT2D eigenvalue weighted by Gasteiger charge is 2.23. The predicted molar refractivity (Wildman–Crippen MR) is 87.0 cm³/mol. The van der Waals surface area contributed by atoms with Crippen molar-refractivity contribution in [1.29, 1.82) is 0 Å². The second-order valence-electron chi connectivity index (χ2n) is 6.10. The SMILES string of the molecule is CC(C)(C)OC(=O)Nc1nccc(C2CCNC2)c1C=O.Cl. The number of hydrogen-bond acceptors (Lipinski definition) is 5. The zero-order chi connectivity index (χ0) is 15.5. The van der Waals surface area contributed by atoms with Gasteiger partial charge in [0.25, 0.3) is 0 Å². The summed E-state index contributed by atoms with van der Waals surface area (Å²) < 4.78 is 5.19. The van der Waals surface area contributed by atoms with E-state index in [1.54, 1.807) is 27.0 Å². The van der Waals surface area contributed by atoms with Gasteiger partial charge < -0.3 is 10.1 Å². The number of rotatable bonds is 3. The summed E-state index contributed by atoms with van der Waals surface area (Å²) in [6.07, 6.45) is 2.71. The lowest BCUT2D eigenvalue weighted by Crippen LogP contribution is -2.28. The van der Waals surface area contributed by atoms with Crippen LogP contribution in [0.3, 0.4) is 0 Å². The van der Waals surface area contributed by atoms with E-state index in [0.717, 1.165) is 31.4 Å². The number of anilines is 1. The van der Waals surface area contributed by atoms with E-state index in [-0.39, 0.29) is 24.1 Å². The molecule has 2 heterocycles. The molecule has 6 nitrogen and oxygen atoms in total. The van der Waals surface area contributed by atoms with E-state index in [1.165, 1.54) is 0 Å². The molecule has 1 aromatic rings. The Hall–Kier alpha value is -1.66. The largest absolute Gasteiger partial charge is 0.444 e. The van der Waals surface area contributed by atoms with Crippen molar-refractivity contribution in [3.05, 3.63) is 23.4 Å². The van der Waals surface area contributed by atoms with Crippen molar-refractivity contribution in [3.63, 3.8) is 0 Å². The van der Waals surface area contributed by atoms with Crippen LogP contribution >= 0.6 is 12.4 Å². The molecule has 22 heavy (non-hydrogen) atoms. The van der Waals surface area contributed by atoms with Gasteiger partial charge in [0, 0.05) is 12.7 Å². The van der Waals surface area contributed by atoms with Crippen molar-refractivity contribution >= 4 is 30.6 Å². The van der Waals surface area contributed by atoms with Crippen molar-refractivity contribution in [2.24, 2.45) is 0 Å². The number of nitrogens with one attached hydrogen (secondary N) is 2. The summed E-state index contributed by atoms with van der Waals surface area (Å²) in [5.41, 5.74) is 0.742. The first-order chi connectivity index (χ1) is 9.90. The quantitative estimate of drug-likeness (QED) is 0.834. The van der Waals surface area contributed by atoms with E-state index >= 15 is 0 Å². The Labute approximate surface area is 136 Å². The molecular formula is C15H22ClN3O3. The molecule has 1 fully saturated rings. The molecule has 2 N–H and O–H groups in total. The van der Waals surface area contributed by atoms with E-state index in [9.17, 15) is 9.59 Å². The molecule has 7 heteroatoms. The Morgan fingerprint density at radius 3 is 2.77 bits per heavy atom. The van der Waals surface area contributed by atoms with Crippen LogP contribution in [0.4, 0.5) is 10.6 Å². The molecule has 122 valence electrons. The number of aromatic nitrogens is 1. The van der Waals surface area contributed by atoms with Gasteiger partial charge in [-0.3, -0.25) is 10.1 Å². The van der Waals surface area contributed by atoms with Crippen LogP contribution in [0, 0.1) is 0 Å². The molecule has 0 spiro atoms. The van der Waals surface area contributed by atoms with Crippen LogP contribution in [0.2, 0.25) is 0 Å². The number of halogens is 1. The number of nitrogens with zero attached hydrogens (tertiary/aromatic N) is 1. The second kappa shape index (κ2) is 7.56. The summed E-state index contributed by atoms with van der Waals surface area (Å²) in [4.78, 5) is 27.3. The van der Waals surface area contributed by atoms with Gasteiger partial charge in [0.2, 0.25) is 0 Å². The van der Waals surface area contributed by atoms with Gasteiger partial charge >= 0.3 is 6.09 Å². The summed E-state index contributed by atoms with van der Waals surface area (Å²) in [6.45, 7) is 7.10. The van der Waals surface area contributed by atoms with Crippen molar-refractivity contribution in [3.8, 4) is 0 Å². The molecule has 1 saturated heterocycles. The van der Waals surface area contributed by atoms with Gasteiger partial charge in [-0.1, -0.05) is 0 Å². The average Bonchev–Trinajstić information content (AvgIpc) is 2.89. The fourth-order valence-corrected chi connectivity index (χ4v) is 2.39. The highest BCUT2D eigenvalue weighted by Crippen LogP contribution is 2.28. The lowest BCUT2D eigenvalue weighted by molar-refractivity contribution is 0.0635. The Morgan fingerprint density at radius 1 is 1.50 bits per heavy atom. The first kappa shape index (κ1) is 18.4. The molecule has 0 radical (unpaired) electrons. The number of aldehydes is 1. The molecule has 1 unspecified atom stereocenters. The summed E-state index contributed by atoms with van der Waals surface area (Å²) >= 11 is 0. The molecule has 0 bridgehead atoms. The fraction of sp³-hybridized carbons (Fsp3) is 0.533. The van der Waals surface area contributed by atoms with Crippen LogP contribution in [-0.4, -0.2) is 36.1 Å². The standard InChI is InChI=1S/C15H21N3O3.ClH/c1-15(2,3)21-14(20)18-13-12(9-19)11(5-7-17-13)10-4-6-16-8-10;/h5,7,9-10,16H,4,6,8H2,1-3H3,(H,17,18,20);1H. The zero-order valence-corrected chi connectivity index (χ0v) is 13.8. The average molecular weight is 328 g/mol. The van der Waals surface area contributed by atoms with E-state index in [1.807, 2.05) is 6.07 Å². The molecule has 0 aromatic carbocycles. The molecule has 1 aliphatic rings. The van der Waals surface area contributed by atoms with Crippen molar-refractivity contribution in [1.82, 2.24) is 10.3 Å². The number of carbonyl (C=O) groups excluding carboxylic acids is 2. The minimum absolute atomic E-state index is 0. The number of amides is 1. The predicted octanol–water partition coefficient (Wildman–Crippen LogP) is 2.74. The molecule has 0 aliphatic carbocycles. The Morgan fingerprint density at radius 2 is 2.23 bits per heavy atom. The van der Waals surface area contributed by atoms with Gasteiger partial charge in [-0.15, -0.1) is 12.4 Å². The molecule has 2 rings (SSSR count). The zero-order valence-electron chi connectivity index (χ0n) is 13.0. The first-order valence-electron chi connectivity index (χ1n) is 7.05. The third kappa shape index (κ3) is 4.68. The minimum atomic E-state index is -0.611. The van der Waals surface area contributed by atoms with E-state index < -0.39 is 11.7 Å².